The van der Waals surface area contributed by atoms with E-state index in [1.54, 1.807) is 0 Å². The quantitative estimate of drug-likeness (QED) is 0.442. The molecule has 0 radical (unpaired) electrons. The minimum Gasteiger partial charge on any atom is -0.459 e. The lowest BCUT2D eigenvalue weighted by Crippen LogP contribution is -2.45. The monoisotopic (exact) mass is 288 g/mol. The van der Waals surface area contributed by atoms with Crippen molar-refractivity contribution in [3.63, 3.8) is 0 Å². The molecule has 21 heavy (non-hydrogen) atoms. The normalized spacial score (nSPS) is 49.7. The maximum Gasteiger partial charge on any atom is 0.312 e. The van der Waals surface area contributed by atoms with Crippen LogP contribution in [0.3, 0.4) is 0 Å². The van der Waals surface area contributed by atoms with Crippen LogP contribution < -0.4 is 0 Å². The lowest BCUT2D eigenvalue weighted by atomic mass is 9.63. The molecule has 7 atom stereocenters. The molecule has 7 unspecified atom stereocenters. The van der Waals surface area contributed by atoms with Crippen LogP contribution in [0.5, 0.6) is 0 Å². The molecule has 0 amide bonds. The standard InChI is InChI=1S/C19H28O2/c1-5-18(2,3)21-17(20)19(4)10-13-9-14(19)16-12-7-6-11(8-12)15(13)16/h6-7,11-16H,5,8-10H2,1-4H3. The lowest BCUT2D eigenvalue weighted by Gasteiger charge is -2.43. The average Bonchev–Trinajstić information content (AvgIpc) is 3.15. The first-order valence-corrected chi connectivity index (χ1v) is 8.77. The molecule has 4 aliphatic rings. The Balaban J connectivity index is 1.58. The number of carbonyl (C=O) groups is 1. The van der Waals surface area contributed by atoms with Gasteiger partial charge in [0.25, 0.3) is 0 Å². The van der Waals surface area contributed by atoms with E-state index in [1.165, 1.54) is 12.8 Å². The van der Waals surface area contributed by atoms with Gasteiger partial charge in [-0.1, -0.05) is 19.1 Å². The fraction of sp³-hybridized carbons (Fsp3) is 0.842. The first-order chi connectivity index (χ1) is 9.86. The molecular weight excluding hydrogens is 260 g/mol. The summed E-state index contributed by atoms with van der Waals surface area (Å²) < 4.78 is 5.90. The number of rotatable bonds is 3. The van der Waals surface area contributed by atoms with E-state index in [2.05, 4.69) is 26.0 Å². The summed E-state index contributed by atoms with van der Waals surface area (Å²) in [5.41, 5.74) is -0.549. The summed E-state index contributed by atoms with van der Waals surface area (Å²) in [6.07, 6.45) is 9.46. The Bertz CT molecular complexity index is 506. The van der Waals surface area contributed by atoms with Crippen molar-refractivity contribution in [3.8, 4) is 0 Å². The summed E-state index contributed by atoms with van der Waals surface area (Å²) in [7, 11) is 0. The molecule has 2 nitrogen and oxygen atoms in total. The van der Waals surface area contributed by atoms with E-state index < -0.39 is 0 Å². The van der Waals surface area contributed by atoms with Crippen molar-refractivity contribution in [1.82, 2.24) is 0 Å². The Morgan fingerprint density at radius 3 is 2.57 bits per heavy atom. The molecule has 4 aliphatic carbocycles. The number of carbonyl (C=O) groups excluding carboxylic acids is 1. The van der Waals surface area contributed by atoms with Gasteiger partial charge in [-0.2, -0.15) is 0 Å². The van der Waals surface area contributed by atoms with E-state index in [0.717, 1.165) is 42.4 Å². The third-order valence-electron chi connectivity index (χ3n) is 7.34. The maximum atomic E-state index is 12.9. The van der Waals surface area contributed by atoms with Crippen molar-refractivity contribution < 1.29 is 9.53 Å². The van der Waals surface area contributed by atoms with Gasteiger partial charge in [0.1, 0.15) is 5.60 Å². The molecule has 0 aromatic carbocycles. The van der Waals surface area contributed by atoms with Crippen LogP contribution >= 0.6 is 0 Å². The highest BCUT2D eigenvalue weighted by molar-refractivity contribution is 5.78. The molecular formula is C19H28O2. The van der Waals surface area contributed by atoms with Gasteiger partial charge in [0.15, 0.2) is 0 Å². The van der Waals surface area contributed by atoms with Crippen molar-refractivity contribution in [2.24, 2.45) is 40.9 Å². The minimum atomic E-state index is -0.323. The maximum absolute atomic E-state index is 12.9. The molecule has 3 fully saturated rings. The van der Waals surface area contributed by atoms with Gasteiger partial charge in [-0.05, 0) is 82.0 Å². The molecule has 116 valence electrons. The van der Waals surface area contributed by atoms with Crippen molar-refractivity contribution in [2.75, 3.05) is 0 Å². The highest BCUT2D eigenvalue weighted by Gasteiger charge is 2.67. The second-order valence-corrected chi connectivity index (χ2v) is 8.83. The zero-order valence-electron chi connectivity index (χ0n) is 13.8. The first kappa shape index (κ1) is 13.8. The van der Waals surface area contributed by atoms with E-state index in [9.17, 15) is 4.79 Å². The Kier molecular flexibility index (Phi) is 2.73. The summed E-state index contributed by atoms with van der Waals surface area (Å²) in [5, 5.41) is 0. The van der Waals surface area contributed by atoms with Crippen LogP contribution in [0.25, 0.3) is 0 Å². The van der Waals surface area contributed by atoms with Gasteiger partial charge in [0, 0.05) is 0 Å². The van der Waals surface area contributed by atoms with E-state index >= 15 is 0 Å². The Labute approximate surface area is 128 Å². The van der Waals surface area contributed by atoms with Gasteiger partial charge in [0.05, 0.1) is 5.41 Å². The zero-order valence-corrected chi connectivity index (χ0v) is 13.8. The molecule has 3 saturated carbocycles. The van der Waals surface area contributed by atoms with Gasteiger partial charge < -0.3 is 4.74 Å². The smallest absolute Gasteiger partial charge is 0.312 e. The number of hydrogen-bond donors (Lipinski definition) is 0. The molecule has 4 bridgehead atoms. The first-order valence-electron chi connectivity index (χ1n) is 8.77. The highest BCUT2D eigenvalue weighted by atomic mass is 16.6. The highest BCUT2D eigenvalue weighted by Crippen LogP contribution is 2.70. The van der Waals surface area contributed by atoms with Crippen LogP contribution in [0, 0.1) is 40.9 Å². The minimum absolute atomic E-state index is 0.0760. The molecule has 0 heterocycles. The fourth-order valence-corrected chi connectivity index (χ4v) is 6.04. The number of hydrogen-bond acceptors (Lipinski definition) is 2. The van der Waals surface area contributed by atoms with Crippen LogP contribution in [0.2, 0.25) is 0 Å². The van der Waals surface area contributed by atoms with Crippen molar-refractivity contribution in [3.05, 3.63) is 12.2 Å². The zero-order chi connectivity index (χ0) is 15.0. The predicted molar refractivity (Wildman–Crippen MR) is 82.5 cm³/mol. The van der Waals surface area contributed by atoms with E-state index in [4.69, 9.17) is 4.74 Å². The molecule has 2 heteroatoms. The van der Waals surface area contributed by atoms with Crippen molar-refractivity contribution >= 4 is 5.97 Å². The largest absolute Gasteiger partial charge is 0.459 e. The van der Waals surface area contributed by atoms with Crippen LogP contribution in [0.1, 0.15) is 53.4 Å². The van der Waals surface area contributed by atoms with E-state index in [0.29, 0.717) is 5.92 Å². The molecule has 0 aliphatic heterocycles. The lowest BCUT2D eigenvalue weighted by molar-refractivity contribution is -0.174. The molecule has 0 N–H and O–H groups in total. The second kappa shape index (κ2) is 4.14. The third kappa shape index (κ3) is 1.74. The summed E-state index contributed by atoms with van der Waals surface area (Å²) >= 11 is 0. The number of esters is 1. The van der Waals surface area contributed by atoms with Gasteiger partial charge in [-0.25, -0.2) is 0 Å². The van der Waals surface area contributed by atoms with Crippen molar-refractivity contribution in [2.45, 2.75) is 59.0 Å². The molecule has 0 spiro atoms. The fourth-order valence-electron chi connectivity index (χ4n) is 6.04. The van der Waals surface area contributed by atoms with Gasteiger partial charge in [-0.3, -0.25) is 4.79 Å². The molecule has 0 aromatic rings. The Hall–Kier alpha value is -0.790. The number of ether oxygens (including phenoxy) is 1. The second-order valence-electron chi connectivity index (χ2n) is 8.83. The van der Waals surface area contributed by atoms with Crippen LogP contribution in [-0.2, 0) is 9.53 Å². The SMILES string of the molecule is CCC(C)(C)OC(=O)C1(C)CC2CC1C1C3C=CC(C3)C21. The summed E-state index contributed by atoms with van der Waals surface area (Å²) in [6, 6.07) is 0. The van der Waals surface area contributed by atoms with Crippen LogP contribution in [0.15, 0.2) is 12.2 Å². The van der Waals surface area contributed by atoms with Crippen LogP contribution in [0.4, 0.5) is 0 Å². The molecule has 0 saturated heterocycles. The summed E-state index contributed by atoms with van der Waals surface area (Å²) in [6.45, 7) is 8.35. The van der Waals surface area contributed by atoms with Gasteiger partial charge in [0.2, 0.25) is 0 Å². The van der Waals surface area contributed by atoms with E-state index in [1.807, 2.05) is 13.8 Å². The third-order valence-corrected chi connectivity index (χ3v) is 7.34. The van der Waals surface area contributed by atoms with Crippen molar-refractivity contribution in [1.29, 1.82) is 0 Å². The Morgan fingerprint density at radius 1 is 1.24 bits per heavy atom. The van der Waals surface area contributed by atoms with Crippen LogP contribution in [-0.4, -0.2) is 11.6 Å². The Morgan fingerprint density at radius 2 is 1.90 bits per heavy atom. The van der Waals surface area contributed by atoms with E-state index in [-0.39, 0.29) is 17.0 Å². The summed E-state index contributed by atoms with van der Waals surface area (Å²) in [4.78, 5) is 12.9. The molecule has 0 aromatic heterocycles. The molecule has 4 rings (SSSR count). The van der Waals surface area contributed by atoms with Gasteiger partial charge in [-0.15, -0.1) is 0 Å². The number of allylic oxidation sites excluding steroid dienone is 2. The topological polar surface area (TPSA) is 26.3 Å². The van der Waals surface area contributed by atoms with Gasteiger partial charge >= 0.3 is 5.97 Å². The average molecular weight is 288 g/mol. The number of fused-ring (bicyclic) bond motifs is 9. The summed E-state index contributed by atoms with van der Waals surface area (Å²) in [5.74, 6) is 4.62. The predicted octanol–water partition coefficient (Wildman–Crippen LogP) is 4.20.